The second kappa shape index (κ2) is 6.98. The summed E-state index contributed by atoms with van der Waals surface area (Å²) in [5, 5.41) is 1.74. The van der Waals surface area contributed by atoms with E-state index in [-0.39, 0.29) is 22.6 Å². The van der Waals surface area contributed by atoms with Gasteiger partial charge in [-0.1, -0.05) is 0 Å². The van der Waals surface area contributed by atoms with Gasteiger partial charge < -0.3 is 4.74 Å². The van der Waals surface area contributed by atoms with Gasteiger partial charge in [0.15, 0.2) is 4.96 Å². The SMILES string of the molecule is CN(C)S(=O)(=O)c1ccc(C(=O)OCc2cc(=O)n3ccsc3n2)cc1. The highest BCUT2D eigenvalue weighted by atomic mass is 32.2. The van der Waals surface area contributed by atoms with E-state index in [1.807, 2.05) is 0 Å². The van der Waals surface area contributed by atoms with Gasteiger partial charge in [0.1, 0.15) is 6.61 Å². The molecule has 0 saturated carbocycles. The van der Waals surface area contributed by atoms with Crippen LogP contribution in [0.15, 0.2) is 51.6 Å². The molecular weight excluding hydrogens is 378 g/mol. The average Bonchev–Trinajstić information content (AvgIpc) is 3.09. The molecule has 1 aromatic carbocycles. The van der Waals surface area contributed by atoms with E-state index in [4.69, 9.17) is 4.74 Å². The summed E-state index contributed by atoms with van der Waals surface area (Å²) in [6, 6.07) is 6.75. The number of hydrogen-bond donors (Lipinski definition) is 0. The number of carbonyl (C=O) groups excluding carboxylic acids is 1. The van der Waals surface area contributed by atoms with Gasteiger partial charge in [0.05, 0.1) is 16.2 Å². The molecule has 0 aliphatic rings. The van der Waals surface area contributed by atoms with Crippen molar-refractivity contribution < 1.29 is 17.9 Å². The molecule has 136 valence electrons. The van der Waals surface area contributed by atoms with Crippen LogP contribution in [0.1, 0.15) is 16.1 Å². The molecule has 0 atom stereocenters. The van der Waals surface area contributed by atoms with Gasteiger partial charge in [-0.05, 0) is 24.3 Å². The van der Waals surface area contributed by atoms with Crippen molar-refractivity contribution >= 4 is 32.3 Å². The Hall–Kier alpha value is -2.56. The standard InChI is InChI=1S/C16H15N3O5S2/c1-18(2)26(22,23)13-5-3-11(4-6-13)15(21)24-10-12-9-14(20)19-7-8-25-16(19)17-12/h3-9H,10H2,1-2H3. The smallest absolute Gasteiger partial charge is 0.338 e. The Morgan fingerprint density at radius 3 is 2.62 bits per heavy atom. The highest BCUT2D eigenvalue weighted by molar-refractivity contribution is 7.89. The molecule has 0 aliphatic carbocycles. The lowest BCUT2D eigenvalue weighted by Gasteiger charge is -2.11. The Bertz CT molecular complexity index is 1110. The Labute approximate surface area is 153 Å². The lowest BCUT2D eigenvalue weighted by molar-refractivity contribution is 0.0467. The molecule has 0 spiro atoms. The van der Waals surface area contributed by atoms with Gasteiger partial charge in [-0.25, -0.2) is 22.5 Å². The molecule has 3 aromatic rings. The average molecular weight is 393 g/mol. The van der Waals surface area contributed by atoms with Gasteiger partial charge in [-0.2, -0.15) is 0 Å². The summed E-state index contributed by atoms with van der Waals surface area (Å²) >= 11 is 1.30. The van der Waals surface area contributed by atoms with E-state index in [1.54, 1.807) is 11.6 Å². The number of aromatic nitrogens is 2. The predicted molar refractivity (Wildman–Crippen MR) is 95.8 cm³/mol. The molecule has 0 radical (unpaired) electrons. The van der Waals surface area contributed by atoms with E-state index in [2.05, 4.69) is 4.98 Å². The van der Waals surface area contributed by atoms with Crippen LogP contribution in [0.2, 0.25) is 0 Å². The first-order chi connectivity index (χ1) is 12.3. The van der Waals surface area contributed by atoms with Crippen molar-refractivity contribution in [3.05, 3.63) is 63.5 Å². The topological polar surface area (TPSA) is 98.0 Å². The van der Waals surface area contributed by atoms with E-state index in [0.717, 1.165) is 4.31 Å². The summed E-state index contributed by atoms with van der Waals surface area (Å²) in [6.45, 7) is -0.153. The Kier molecular flexibility index (Phi) is 4.90. The first-order valence-electron chi connectivity index (χ1n) is 7.44. The van der Waals surface area contributed by atoms with Crippen LogP contribution in [0.5, 0.6) is 0 Å². The normalized spacial score (nSPS) is 11.8. The largest absolute Gasteiger partial charge is 0.456 e. The highest BCUT2D eigenvalue weighted by Gasteiger charge is 2.18. The lowest BCUT2D eigenvalue weighted by atomic mass is 10.2. The van der Waals surface area contributed by atoms with Gasteiger partial charge >= 0.3 is 5.97 Å². The first-order valence-corrected chi connectivity index (χ1v) is 9.76. The molecule has 0 saturated heterocycles. The van der Waals surface area contributed by atoms with Crippen molar-refractivity contribution in [2.75, 3.05) is 14.1 Å². The van der Waals surface area contributed by atoms with Gasteiger partial charge in [-0.15, -0.1) is 11.3 Å². The number of thiazole rings is 1. The molecule has 0 aliphatic heterocycles. The molecule has 3 rings (SSSR count). The molecule has 0 N–H and O–H groups in total. The summed E-state index contributed by atoms with van der Waals surface area (Å²) in [4.78, 5) is 28.9. The molecule has 2 aromatic heterocycles. The van der Waals surface area contributed by atoms with Crippen LogP contribution in [0, 0.1) is 0 Å². The van der Waals surface area contributed by atoms with Crippen molar-refractivity contribution in [3.8, 4) is 0 Å². The lowest BCUT2D eigenvalue weighted by Crippen LogP contribution is -2.22. The number of nitrogens with zero attached hydrogens (tertiary/aromatic N) is 3. The summed E-state index contributed by atoms with van der Waals surface area (Å²) < 4.78 is 31.7. The van der Waals surface area contributed by atoms with E-state index in [0.29, 0.717) is 10.7 Å². The predicted octanol–water partition coefficient (Wildman–Crippen LogP) is 1.36. The zero-order valence-electron chi connectivity index (χ0n) is 13.9. The minimum Gasteiger partial charge on any atom is -0.456 e. The first kappa shape index (κ1) is 18.2. The van der Waals surface area contributed by atoms with Crippen molar-refractivity contribution in [2.45, 2.75) is 11.5 Å². The summed E-state index contributed by atoms with van der Waals surface area (Å²) in [7, 11) is -0.703. The maximum Gasteiger partial charge on any atom is 0.338 e. The van der Waals surface area contributed by atoms with Crippen LogP contribution in [0.4, 0.5) is 0 Å². The second-order valence-electron chi connectivity index (χ2n) is 5.53. The van der Waals surface area contributed by atoms with Crippen LogP contribution in [-0.4, -0.2) is 42.2 Å². The third kappa shape index (κ3) is 3.52. The van der Waals surface area contributed by atoms with Gasteiger partial charge in [0.2, 0.25) is 10.0 Å². The number of benzene rings is 1. The van der Waals surface area contributed by atoms with Crippen LogP contribution >= 0.6 is 11.3 Å². The fraction of sp³-hybridized carbons (Fsp3) is 0.188. The minimum absolute atomic E-state index is 0.0804. The number of sulfonamides is 1. The Balaban J connectivity index is 1.72. The van der Waals surface area contributed by atoms with E-state index in [9.17, 15) is 18.0 Å². The number of ether oxygens (including phenoxy) is 1. The molecular formula is C16H15N3O5S2. The highest BCUT2D eigenvalue weighted by Crippen LogP contribution is 2.15. The molecule has 0 bridgehead atoms. The quantitative estimate of drug-likeness (QED) is 0.607. The Morgan fingerprint density at radius 2 is 1.96 bits per heavy atom. The molecule has 0 fully saturated rings. The summed E-state index contributed by atoms with van der Waals surface area (Å²) in [5.74, 6) is -0.632. The molecule has 2 heterocycles. The number of esters is 1. The summed E-state index contributed by atoms with van der Waals surface area (Å²) in [5.41, 5.74) is 0.301. The minimum atomic E-state index is -3.56. The maximum absolute atomic E-state index is 12.1. The molecule has 0 amide bonds. The fourth-order valence-corrected chi connectivity index (χ4v) is 3.80. The number of carbonyl (C=O) groups is 1. The van der Waals surface area contributed by atoms with Crippen LogP contribution in [0.3, 0.4) is 0 Å². The number of fused-ring (bicyclic) bond motifs is 1. The molecule has 10 heteroatoms. The zero-order valence-corrected chi connectivity index (χ0v) is 15.6. The zero-order chi connectivity index (χ0) is 18.9. The third-order valence-corrected chi connectivity index (χ3v) is 6.16. The second-order valence-corrected chi connectivity index (χ2v) is 8.55. The van der Waals surface area contributed by atoms with E-state index >= 15 is 0 Å². The third-order valence-electron chi connectivity index (χ3n) is 3.58. The van der Waals surface area contributed by atoms with Gasteiger partial charge in [-0.3, -0.25) is 9.20 Å². The Morgan fingerprint density at radius 1 is 1.27 bits per heavy atom. The van der Waals surface area contributed by atoms with E-state index in [1.165, 1.54) is 60.2 Å². The van der Waals surface area contributed by atoms with Crippen LogP contribution < -0.4 is 5.56 Å². The van der Waals surface area contributed by atoms with Crippen molar-refractivity contribution in [1.82, 2.24) is 13.7 Å². The van der Waals surface area contributed by atoms with Crippen LogP contribution in [-0.2, 0) is 21.4 Å². The van der Waals surface area contributed by atoms with Crippen molar-refractivity contribution in [1.29, 1.82) is 0 Å². The molecule has 0 unspecified atom stereocenters. The number of hydrogen-bond acceptors (Lipinski definition) is 7. The number of rotatable bonds is 5. The van der Waals surface area contributed by atoms with Gasteiger partial charge in [0.25, 0.3) is 5.56 Å². The van der Waals surface area contributed by atoms with E-state index < -0.39 is 16.0 Å². The monoisotopic (exact) mass is 393 g/mol. The maximum atomic E-state index is 12.1. The molecule has 8 nitrogen and oxygen atoms in total. The molecule has 26 heavy (non-hydrogen) atoms. The van der Waals surface area contributed by atoms with Gasteiger partial charge in [0, 0.05) is 31.7 Å². The van der Waals surface area contributed by atoms with Crippen molar-refractivity contribution in [2.24, 2.45) is 0 Å². The summed E-state index contributed by atoms with van der Waals surface area (Å²) in [6.07, 6.45) is 1.62. The van der Waals surface area contributed by atoms with Crippen LogP contribution in [0.25, 0.3) is 4.96 Å². The van der Waals surface area contributed by atoms with Crippen molar-refractivity contribution in [3.63, 3.8) is 0 Å². The fourth-order valence-electron chi connectivity index (χ4n) is 2.16.